The van der Waals surface area contributed by atoms with Crippen molar-refractivity contribution in [1.82, 2.24) is 4.57 Å². The molecular weight excluding hydrogens is 360 g/mol. The Hall–Kier alpha value is -2.86. The standard InChI is InChI=1S/C21H20N2O3S/c1-3-23-18-7-5-4-6-17(18)19(12-21(23)26)27-13-20(25)22-16-10-8-15(9-11-16)14(2)24/h4-12H,3,13H2,1-2H3,(H,22,25). The smallest absolute Gasteiger partial charge is 0.252 e. The van der Waals surface area contributed by atoms with Gasteiger partial charge < -0.3 is 9.88 Å². The first kappa shape index (κ1) is 18.9. The number of ketones is 1. The van der Waals surface area contributed by atoms with E-state index in [4.69, 9.17) is 0 Å². The van der Waals surface area contributed by atoms with Crippen LogP contribution in [-0.2, 0) is 11.3 Å². The number of hydrogen-bond acceptors (Lipinski definition) is 4. The number of rotatable bonds is 6. The van der Waals surface area contributed by atoms with Gasteiger partial charge in [-0.1, -0.05) is 18.2 Å². The molecule has 1 N–H and O–H groups in total. The van der Waals surface area contributed by atoms with Crippen LogP contribution in [0.5, 0.6) is 0 Å². The highest BCUT2D eigenvalue weighted by molar-refractivity contribution is 8.00. The van der Waals surface area contributed by atoms with Crippen molar-refractivity contribution in [3.63, 3.8) is 0 Å². The molecule has 0 saturated heterocycles. The number of Topliss-reactive ketones (excluding diaryl/α,β-unsaturated/α-hetero) is 1. The summed E-state index contributed by atoms with van der Waals surface area (Å²) in [6.45, 7) is 4.04. The fraction of sp³-hybridized carbons (Fsp3) is 0.190. The number of hydrogen-bond donors (Lipinski definition) is 1. The normalized spacial score (nSPS) is 10.7. The van der Waals surface area contributed by atoms with Gasteiger partial charge in [-0.3, -0.25) is 14.4 Å². The summed E-state index contributed by atoms with van der Waals surface area (Å²) in [5.74, 6) is 0.00468. The van der Waals surface area contributed by atoms with Crippen molar-refractivity contribution in [2.75, 3.05) is 11.1 Å². The maximum atomic E-state index is 12.3. The van der Waals surface area contributed by atoms with Crippen molar-refractivity contribution in [2.45, 2.75) is 25.3 Å². The number of benzene rings is 2. The average molecular weight is 380 g/mol. The largest absolute Gasteiger partial charge is 0.325 e. The number of carbonyl (C=O) groups excluding carboxylic acids is 2. The van der Waals surface area contributed by atoms with E-state index < -0.39 is 0 Å². The first-order valence-electron chi connectivity index (χ1n) is 8.66. The summed E-state index contributed by atoms with van der Waals surface area (Å²) < 4.78 is 1.72. The monoisotopic (exact) mass is 380 g/mol. The molecule has 138 valence electrons. The molecule has 0 spiro atoms. The van der Waals surface area contributed by atoms with E-state index in [2.05, 4.69) is 5.32 Å². The lowest BCUT2D eigenvalue weighted by molar-refractivity contribution is -0.113. The van der Waals surface area contributed by atoms with E-state index in [1.165, 1.54) is 18.7 Å². The molecule has 0 atom stereocenters. The summed E-state index contributed by atoms with van der Waals surface area (Å²) in [7, 11) is 0. The molecule has 0 aliphatic rings. The third-order valence-corrected chi connectivity index (χ3v) is 5.29. The molecular formula is C21H20N2O3S. The minimum atomic E-state index is -0.167. The Morgan fingerprint density at radius 1 is 1.07 bits per heavy atom. The van der Waals surface area contributed by atoms with Crippen molar-refractivity contribution < 1.29 is 9.59 Å². The number of amides is 1. The van der Waals surface area contributed by atoms with Crippen molar-refractivity contribution in [2.24, 2.45) is 0 Å². The molecule has 5 nitrogen and oxygen atoms in total. The molecule has 27 heavy (non-hydrogen) atoms. The lowest BCUT2D eigenvalue weighted by Crippen LogP contribution is -2.19. The van der Waals surface area contributed by atoms with Crippen molar-refractivity contribution in [1.29, 1.82) is 0 Å². The van der Waals surface area contributed by atoms with Crippen molar-refractivity contribution >= 4 is 40.0 Å². The van der Waals surface area contributed by atoms with E-state index in [-0.39, 0.29) is 23.0 Å². The number of aryl methyl sites for hydroxylation is 1. The first-order chi connectivity index (χ1) is 13.0. The van der Waals surface area contributed by atoms with Crippen molar-refractivity contribution in [3.05, 3.63) is 70.5 Å². The SMILES string of the molecule is CCn1c(=O)cc(SCC(=O)Nc2ccc(C(C)=O)cc2)c2ccccc21. The van der Waals surface area contributed by atoms with Gasteiger partial charge in [0.15, 0.2) is 5.78 Å². The van der Waals surface area contributed by atoms with Gasteiger partial charge in [-0.25, -0.2) is 0 Å². The Morgan fingerprint density at radius 2 is 1.78 bits per heavy atom. The second kappa shape index (κ2) is 8.22. The molecule has 0 saturated carbocycles. The van der Waals surface area contributed by atoms with Gasteiger partial charge in [0.1, 0.15) is 0 Å². The molecule has 0 fully saturated rings. The second-order valence-electron chi connectivity index (χ2n) is 6.08. The number of aromatic nitrogens is 1. The van der Waals surface area contributed by atoms with Crippen LogP contribution in [0.25, 0.3) is 10.9 Å². The molecule has 3 aromatic rings. The number of fused-ring (bicyclic) bond motifs is 1. The zero-order valence-corrected chi connectivity index (χ0v) is 16.0. The second-order valence-corrected chi connectivity index (χ2v) is 7.10. The predicted molar refractivity (Wildman–Crippen MR) is 110 cm³/mol. The lowest BCUT2D eigenvalue weighted by atomic mass is 10.1. The summed E-state index contributed by atoms with van der Waals surface area (Å²) in [5.41, 5.74) is 2.04. The van der Waals surface area contributed by atoms with E-state index in [9.17, 15) is 14.4 Å². The fourth-order valence-corrected chi connectivity index (χ4v) is 3.75. The van der Waals surface area contributed by atoms with Gasteiger partial charge in [-0.05, 0) is 44.2 Å². The fourth-order valence-electron chi connectivity index (χ4n) is 2.88. The van der Waals surface area contributed by atoms with Crippen LogP contribution in [0.15, 0.2) is 64.3 Å². The number of pyridine rings is 1. The van der Waals surface area contributed by atoms with Crippen molar-refractivity contribution in [3.8, 4) is 0 Å². The minimum Gasteiger partial charge on any atom is -0.325 e. The van der Waals surface area contributed by atoms with Gasteiger partial charge in [0.05, 0.1) is 11.3 Å². The van der Waals surface area contributed by atoms with Crippen LogP contribution in [0.3, 0.4) is 0 Å². The van der Waals surface area contributed by atoms with E-state index in [1.807, 2.05) is 31.2 Å². The number of anilines is 1. The molecule has 0 radical (unpaired) electrons. The summed E-state index contributed by atoms with van der Waals surface area (Å²) in [5, 5.41) is 3.77. The number of carbonyl (C=O) groups is 2. The van der Waals surface area contributed by atoms with Gasteiger partial charge >= 0.3 is 0 Å². The third kappa shape index (κ3) is 4.28. The Labute approximate surface area is 161 Å². The Bertz CT molecular complexity index is 1060. The third-order valence-electron chi connectivity index (χ3n) is 4.23. The predicted octanol–water partition coefficient (Wildman–Crippen LogP) is 3.95. The molecule has 0 aliphatic heterocycles. The maximum absolute atomic E-state index is 12.3. The molecule has 3 rings (SSSR count). The molecule has 1 aromatic heterocycles. The Kier molecular flexibility index (Phi) is 5.76. The summed E-state index contributed by atoms with van der Waals surface area (Å²) in [6.07, 6.45) is 0. The van der Waals surface area contributed by atoms with Gasteiger partial charge in [0.2, 0.25) is 5.91 Å². The topological polar surface area (TPSA) is 68.2 Å². The van der Waals surface area contributed by atoms with Gasteiger partial charge in [-0.15, -0.1) is 11.8 Å². The Morgan fingerprint density at radius 3 is 2.44 bits per heavy atom. The zero-order valence-electron chi connectivity index (χ0n) is 15.2. The molecule has 0 unspecified atom stereocenters. The van der Waals surface area contributed by atoms with Crippen LogP contribution in [0, 0.1) is 0 Å². The van der Waals surface area contributed by atoms with E-state index in [0.717, 1.165) is 15.8 Å². The number of nitrogens with zero attached hydrogens (tertiary/aromatic N) is 1. The van der Waals surface area contributed by atoms with Crippen LogP contribution in [-0.4, -0.2) is 22.0 Å². The van der Waals surface area contributed by atoms with Crippen LogP contribution in [0.4, 0.5) is 5.69 Å². The molecule has 0 aliphatic carbocycles. The number of para-hydroxylation sites is 1. The molecule has 6 heteroatoms. The highest BCUT2D eigenvalue weighted by Gasteiger charge is 2.10. The average Bonchev–Trinajstić information content (AvgIpc) is 2.66. The van der Waals surface area contributed by atoms with E-state index in [0.29, 0.717) is 17.8 Å². The molecule has 2 aromatic carbocycles. The number of thioether (sulfide) groups is 1. The van der Waals surface area contributed by atoms with Crippen LogP contribution in [0.1, 0.15) is 24.2 Å². The quantitative estimate of drug-likeness (QED) is 0.519. The molecule has 0 bridgehead atoms. The highest BCUT2D eigenvalue weighted by Crippen LogP contribution is 2.26. The summed E-state index contributed by atoms with van der Waals surface area (Å²) in [6, 6.07) is 16.1. The molecule has 1 amide bonds. The summed E-state index contributed by atoms with van der Waals surface area (Å²) in [4.78, 5) is 36.7. The van der Waals surface area contributed by atoms with Crippen LogP contribution >= 0.6 is 11.8 Å². The Balaban J connectivity index is 1.74. The van der Waals surface area contributed by atoms with Crippen LogP contribution < -0.4 is 10.9 Å². The van der Waals surface area contributed by atoms with Gasteiger partial charge in [-0.2, -0.15) is 0 Å². The van der Waals surface area contributed by atoms with Crippen LogP contribution in [0.2, 0.25) is 0 Å². The van der Waals surface area contributed by atoms with Gasteiger partial charge in [0, 0.05) is 34.1 Å². The molecule has 1 heterocycles. The van der Waals surface area contributed by atoms with Gasteiger partial charge in [0.25, 0.3) is 5.56 Å². The highest BCUT2D eigenvalue weighted by atomic mass is 32.2. The number of nitrogens with one attached hydrogen (secondary N) is 1. The zero-order chi connectivity index (χ0) is 19.4. The van der Waals surface area contributed by atoms with E-state index in [1.54, 1.807) is 34.9 Å². The maximum Gasteiger partial charge on any atom is 0.252 e. The minimum absolute atomic E-state index is 0.0166. The lowest BCUT2D eigenvalue weighted by Gasteiger charge is -2.11. The summed E-state index contributed by atoms with van der Waals surface area (Å²) >= 11 is 1.34. The first-order valence-corrected chi connectivity index (χ1v) is 9.64. The van der Waals surface area contributed by atoms with E-state index >= 15 is 0 Å².